The molecule has 0 radical (unpaired) electrons. The quantitative estimate of drug-likeness (QED) is 0.590. The zero-order valence-corrected chi connectivity index (χ0v) is 18.4. The van der Waals surface area contributed by atoms with Crippen LogP contribution in [0.1, 0.15) is 44.3 Å². The van der Waals surface area contributed by atoms with Gasteiger partial charge in [0.05, 0.1) is 6.54 Å². The van der Waals surface area contributed by atoms with Gasteiger partial charge in [-0.05, 0) is 26.2 Å². The van der Waals surface area contributed by atoms with Crippen molar-refractivity contribution in [3.8, 4) is 0 Å². The normalized spacial score (nSPS) is 20.8. The van der Waals surface area contributed by atoms with Crippen LogP contribution in [0.15, 0.2) is 10.6 Å². The van der Waals surface area contributed by atoms with E-state index in [1.165, 1.54) is 4.90 Å². The Bertz CT molecular complexity index is 885. The molecule has 2 saturated heterocycles. The predicted molar refractivity (Wildman–Crippen MR) is 114 cm³/mol. The molecule has 11 nitrogen and oxygen atoms in total. The minimum atomic E-state index is -0.698. The third kappa shape index (κ3) is 4.77. The van der Waals surface area contributed by atoms with Crippen LogP contribution in [0.5, 0.6) is 0 Å². The molecule has 0 bridgehead atoms. The van der Waals surface area contributed by atoms with Crippen molar-refractivity contribution in [1.29, 1.82) is 0 Å². The molecule has 174 valence electrons. The first-order valence-electron chi connectivity index (χ1n) is 11.2. The van der Waals surface area contributed by atoms with E-state index in [0.29, 0.717) is 57.0 Å². The number of nitrogens with zero attached hydrogens (tertiary/aromatic N) is 4. The second kappa shape index (κ2) is 9.27. The van der Waals surface area contributed by atoms with Gasteiger partial charge in [0.2, 0.25) is 11.8 Å². The summed E-state index contributed by atoms with van der Waals surface area (Å²) in [5, 5.41) is 9.30. The van der Waals surface area contributed by atoms with Crippen molar-refractivity contribution in [3.05, 3.63) is 11.8 Å². The minimum absolute atomic E-state index is 0.00908. The van der Waals surface area contributed by atoms with Gasteiger partial charge in [-0.2, -0.15) is 0 Å². The van der Waals surface area contributed by atoms with Gasteiger partial charge in [0.1, 0.15) is 11.3 Å². The number of rotatable bonds is 7. The van der Waals surface area contributed by atoms with Gasteiger partial charge in [-0.1, -0.05) is 18.0 Å². The van der Waals surface area contributed by atoms with Gasteiger partial charge in [-0.15, -0.1) is 0 Å². The molecule has 0 aromatic carbocycles. The van der Waals surface area contributed by atoms with E-state index < -0.39 is 5.54 Å². The Labute approximate surface area is 186 Å². The summed E-state index contributed by atoms with van der Waals surface area (Å²) in [6.07, 6.45) is 4.04. The topological polar surface area (TPSA) is 128 Å². The largest absolute Gasteiger partial charge is 0.360 e. The van der Waals surface area contributed by atoms with Gasteiger partial charge in [0, 0.05) is 45.2 Å². The summed E-state index contributed by atoms with van der Waals surface area (Å²) in [5.74, 6) is 0.715. The first-order chi connectivity index (χ1) is 15.4. The van der Waals surface area contributed by atoms with Crippen molar-refractivity contribution in [1.82, 2.24) is 25.2 Å². The highest BCUT2D eigenvalue weighted by Gasteiger charge is 2.52. The molecule has 1 aromatic heterocycles. The monoisotopic (exact) mass is 446 g/mol. The number of piperazine rings is 1. The fourth-order valence-corrected chi connectivity index (χ4v) is 4.71. The van der Waals surface area contributed by atoms with E-state index in [-0.39, 0.29) is 43.3 Å². The van der Waals surface area contributed by atoms with E-state index in [2.05, 4.69) is 15.8 Å². The molecule has 0 unspecified atom stereocenters. The van der Waals surface area contributed by atoms with Crippen LogP contribution in [-0.2, 0) is 14.4 Å². The van der Waals surface area contributed by atoms with E-state index >= 15 is 0 Å². The summed E-state index contributed by atoms with van der Waals surface area (Å²) in [6, 6.07) is 1.32. The first kappa shape index (κ1) is 22.3. The molecule has 3 fully saturated rings. The Morgan fingerprint density at radius 3 is 2.56 bits per heavy atom. The molecule has 11 heteroatoms. The number of hydrogen-bond acceptors (Lipinski definition) is 7. The number of amides is 5. The number of anilines is 1. The summed E-state index contributed by atoms with van der Waals surface area (Å²) in [6.45, 7) is 4.53. The molecule has 2 N–H and O–H groups in total. The van der Waals surface area contributed by atoms with Crippen LogP contribution in [0.2, 0.25) is 0 Å². The zero-order chi connectivity index (χ0) is 22.7. The maximum atomic E-state index is 12.7. The Kier molecular flexibility index (Phi) is 6.45. The molecule has 1 aliphatic carbocycles. The van der Waals surface area contributed by atoms with Gasteiger partial charge in [0.25, 0.3) is 5.91 Å². The van der Waals surface area contributed by atoms with Crippen molar-refractivity contribution in [2.45, 2.75) is 51.0 Å². The number of carbonyl (C=O) groups excluding carboxylic acids is 4. The number of hydrogen-bond donors (Lipinski definition) is 2. The molecular weight excluding hydrogens is 416 g/mol. The minimum Gasteiger partial charge on any atom is -0.360 e. The van der Waals surface area contributed by atoms with E-state index in [1.54, 1.807) is 17.9 Å². The van der Waals surface area contributed by atoms with Gasteiger partial charge < -0.3 is 20.1 Å². The Hall–Kier alpha value is -2.95. The number of imide groups is 1. The number of aromatic nitrogens is 1. The van der Waals surface area contributed by atoms with Crippen LogP contribution in [-0.4, -0.2) is 88.4 Å². The van der Waals surface area contributed by atoms with Crippen molar-refractivity contribution in [2.24, 2.45) is 0 Å². The van der Waals surface area contributed by atoms with Crippen molar-refractivity contribution in [3.63, 3.8) is 0 Å². The molecule has 0 atom stereocenters. The Morgan fingerprint density at radius 2 is 1.91 bits per heavy atom. The van der Waals surface area contributed by atoms with E-state index in [1.807, 2.05) is 4.90 Å². The fraction of sp³-hybridized carbons (Fsp3) is 0.667. The summed E-state index contributed by atoms with van der Waals surface area (Å²) < 4.78 is 4.93. The molecule has 3 heterocycles. The third-order valence-electron chi connectivity index (χ3n) is 6.46. The highest BCUT2D eigenvalue weighted by atomic mass is 16.5. The SMILES string of the molecule is Cc1cc(NC(=O)CN2CCN(C(=O)CCCN3C(=O)NC4(CCCC4)C3=O)CC2)no1. The van der Waals surface area contributed by atoms with E-state index in [4.69, 9.17) is 4.52 Å². The standard InChI is InChI=1S/C21H30N6O5/c1-15-13-16(24-32-15)22-17(28)14-25-9-11-26(12-10-25)18(29)5-4-8-27-19(30)21(23-20(27)31)6-2-3-7-21/h13H,2-12,14H2,1H3,(H,23,31)(H,22,24,28). The lowest BCUT2D eigenvalue weighted by Gasteiger charge is -2.34. The molecule has 2 aliphatic heterocycles. The lowest BCUT2D eigenvalue weighted by atomic mass is 9.98. The average Bonchev–Trinajstić information content (AvgIpc) is 3.45. The molecule has 1 spiro atoms. The third-order valence-corrected chi connectivity index (χ3v) is 6.46. The highest BCUT2D eigenvalue weighted by Crippen LogP contribution is 2.35. The lowest BCUT2D eigenvalue weighted by Crippen LogP contribution is -2.50. The first-order valence-corrected chi connectivity index (χ1v) is 11.2. The fourth-order valence-electron chi connectivity index (χ4n) is 4.71. The van der Waals surface area contributed by atoms with Crippen LogP contribution in [0, 0.1) is 6.92 Å². The molecule has 3 aliphatic rings. The zero-order valence-electron chi connectivity index (χ0n) is 18.4. The second-order valence-corrected chi connectivity index (χ2v) is 8.81. The highest BCUT2D eigenvalue weighted by molar-refractivity contribution is 6.07. The summed E-state index contributed by atoms with van der Waals surface area (Å²) in [4.78, 5) is 54.6. The smallest absolute Gasteiger partial charge is 0.325 e. The van der Waals surface area contributed by atoms with Gasteiger partial charge in [-0.25, -0.2) is 4.79 Å². The van der Waals surface area contributed by atoms with Crippen LogP contribution in [0.3, 0.4) is 0 Å². The maximum Gasteiger partial charge on any atom is 0.325 e. The van der Waals surface area contributed by atoms with Crippen molar-refractivity contribution < 1.29 is 23.7 Å². The molecule has 5 amide bonds. The molecule has 1 saturated carbocycles. The summed E-state index contributed by atoms with van der Waals surface area (Å²) >= 11 is 0. The van der Waals surface area contributed by atoms with E-state index in [9.17, 15) is 19.2 Å². The van der Waals surface area contributed by atoms with Gasteiger partial charge in [0.15, 0.2) is 5.82 Å². The number of carbonyl (C=O) groups is 4. The second-order valence-electron chi connectivity index (χ2n) is 8.81. The number of urea groups is 1. The summed E-state index contributed by atoms with van der Waals surface area (Å²) in [7, 11) is 0. The van der Waals surface area contributed by atoms with Gasteiger partial charge >= 0.3 is 6.03 Å². The van der Waals surface area contributed by atoms with Crippen molar-refractivity contribution >= 4 is 29.6 Å². The average molecular weight is 447 g/mol. The molecule has 32 heavy (non-hydrogen) atoms. The van der Waals surface area contributed by atoms with Crippen LogP contribution in [0.25, 0.3) is 0 Å². The van der Waals surface area contributed by atoms with Crippen LogP contribution < -0.4 is 10.6 Å². The predicted octanol–water partition coefficient (Wildman–Crippen LogP) is 0.711. The molecular formula is C21H30N6O5. The number of nitrogens with one attached hydrogen (secondary N) is 2. The van der Waals surface area contributed by atoms with Gasteiger partial charge in [-0.3, -0.25) is 24.2 Å². The Balaban J connectivity index is 1.15. The molecule has 4 rings (SSSR count). The summed E-state index contributed by atoms with van der Waals surface area (Å²) in [5.41, 5.74) is -0.698. The van der Waals surface area contributed by atoms with Crippen molar-refractivity contribution in [2.75, 3.05) is 44.6 Å². The molecule has 1 aromatic rings. The number of aryl methyl sites for hydroxylation is 1. The van der Waals surface area contributed by atoms with Crippen LogP contribution >= 0.6 is 0 Å². The lowest BCUT2D eigenvalue weighted by molar-refractivity contribution is -0.134. The van der Waals surface area contributed by atoms with Crippen LogP contribution in [0.4, 0.5) is 10.6 Å². The van der Waals surface area contributed by atoms with E-state index in [0.717, 1.165) is 12.8 Å². The Morgan fingerprint density at radius 1 is 1.19 bits per heavy atom. The maximum absolute atomic E-state index is 12.7.